The Morgan fingerprint density at radius 2 is 2.12 bits per heavy atom. The predicted molar refractivity (Wildman–Crippen MR) is 68.9 cm³/mol. The smallest absolute Gasteiger partial charge is 0.341 e. The SMILES string of the molecule is C=Cc1cc(C=C)c(O)c(C(=O)OCCC)c1. The van der Waals surface area contributed by atoms with E-state index >= 15 is 0 Å². The van der Waals surface area contributed by atoms with E-state index < -0.39 is 5.97 Å². The van der Waals surface area contributed by atoms with Crippen LogP contribution in [0.5, 0.6) is 5.75 Å². The highest BCUT2D eigenvalue weighted by Crippen LogP contribution is 2.26. The lowest BCUT2D eigenvalue weighted by Gasteiger charge is -2.09. The lowest BCUT2D eigenvalue weighted by Crippen LogP contribution is -2.07. The van der Waals surface area contributed by atoms with Crippen molar-refractivity contribution in [2.24, 2.45) is 0 Å². The second-order valence-corrected chi connectivity index (χ2v) is 3.55. The molecule has 0 bridgehead atoms. The van der Waals surface area contributed by atoms with Crippen LogP contribution in [0.25, 0.3) is 12.2 Å². The fraction of sp³-hybridized carbons (Fsp3) is 0.214. The zero-order valence-corrected chi connectivity index (χ0v) is 9.90. The molecule has 0 aliphatic carbocycles. The van der Waals surface area contributed by atoms with Crippen LogP contribution >= 0.6 is 0 Å². The number of esters is 1. The number of hydrogen-bond donors (Lipinski definition) is 1. The molecule has 17 heavy (non-hydrogen) atoms. The second kappa shape index (κ2) is 5.89. The van der Waals surface area contributed by atoms with Gasteiger partial charge in [0, 0.05) is 5.56 Å². The van der Waals surface area contributed by atoms with Crippen LogP contribution in [-0.4, -0.2) is 17.7 Å². The Kier molecular flexibility index (Phi) is 4.52. The van der Waals surface area contributed by atoms with Gasteiger partial charge in [-0.3, -0.25) is 0 Å². The van der Waals surface area contributed by atoms with Gasteiger partial charge in [0.15, 0.2) is 0 Å². The van der Waals surface area contributed by atoms with Gasteiger partial charge in [0.05, 0.1) is 6.61 Å². The Bertz CT molecular complexity index is 447. The highest BCUT2D eigenvalue weighted by Gasteiger charge is 2.15. The number of ether oxygens (including phenoxy) is 1. The molecule has 3 heteroatoms. The first-order valence-corrected chi connectivity index (χ1v) is 5.43. The van der Waals surface area contributed by atoms with Crippen molar-refractivity contribution in [2.45, 2.75) is 13.3 Å². The first-order chi connectivity index (χ1) is 8.13. The van der Waals surface area contributed by atoms with Gasteiger partial charge in [-0.05, 0) is 24.1 Å². The van der Waals surface area contributed by atoms with Gasteiger partial charge in [-0.2, -0.15) is 0 Å². The summed E-state index contributed by atoms with van der Waals surface area (Å²) in [6.45, 7) is 9.45. The van der Waals surface area contributed by atoms with Gasteiger partial charge in [0.1, 0.15) is 11.3 Å². The van der Waals surface area contributed by atoms with E-state index in [1.54, 1.807) is 18.2 Å². The topological polar surface area (TPSA) is 46.5 Å². The summed E-state index contributed by atoms with van der Waals surface area (Å²) in [5.41, 5.74) is 1.37. The van der Waals surface area contributed by atoms with E-state index in [1.807, 2.05) is 6.92 Å². The van der Waals surface area contributed by atoms with E-state index in [0.29, 0.717) is 12.2 Å². The maximum atomic E-state index is 11.7. The normalized spacial score (nSPS) is 9.71. The molecule has 0 aromatic heterocycles. The van der Waals surface area contributed by atoms with E-state index in [4.69, 9.17) is 4.74 Å². The zero-order valence-electron chi connectivity index (χ0n) is 9.90. The fourth-order valence-electron chi connectivity index (χ4n) is 1.38. The minimum absolute atomic E-state index is 0.105. The molecule has 0 saturated carbocycles. The average molecular weight is 232 g/mol. The quantitative estimate of drug-likeness (QED) is 0.793. The highest BCUT2D eigenvalue weighted by molar-refractivity contribution is 5.94. The van der Waals surface area contributed by atoms with Crippen molar-refractivity contribution in [2.75, 3.05) is 6.61 Å². The molecule has 0 aliphatic heterocycles. The highest BCUT2D eigenvalue weighted by atomic mass is 16.5. The number of phenolic OH excluding ortho intramolecular Hbond substituents is 1. The van der Waals surface area contributed by atoms with Gasteiger partial charge < -0.3 is 9.84 Å². The lowest BCUT2D eigenvalue weighted by molar-refractivity contribution is 0.0501. The van der Waals surface area contributed by atoms with Gasteiger partial charge >= 0.3 is 5.97 Å². The van der Waals surface area contributed by atoms with Crippen LogP contribution in [0.4, 0.5) is 0 Å². The first-order valence-electron chi connectivity index (χ1n) is 5.43. The molecule has 0 saturated heterocycles. The molecule has 1 aromatic rings. The standard InChI is InChI=1S/C14H16O3/c1-4-7-17-14(16)12-9-10(5-2)8-11(6-3)13(12)15/h5-6,8-9,15H,2-4,7H2,1H3. The molecule has 1 rings (SSSR count). The molecule has 0 spiro atoms. The number of rotatable bonds is 5. The van der Waals surface area contributed by atoms with E-state index in [2.05, 4.69) is 13.2 Å². The third kappa shape index (κ3) is 2.97. The number of benzene rings is 1. The summed E-state index contributed by atoms with van der Waals surface area (Å²) in [4.78, 5) is 11.7. The van der Waals surface area contributed by atoms with Gasteiger partial charge in [-0.25, -0.2) is 4.79 Å². The molecule has 1 N–H and O–H groups in total. The molecule has 0 radical (unpaired) electrons. The van der Waals surface area contributed by atoms with Crippen molar-refractivity contribution in [3.63, 3.8) is 0 Å². The maximum absolute atomic E-state index is 11.7. The van der Waals surface area contributed by atoms with E-state index in [0.717, 1.165) is 12.0 Å². The Morgan fingerprint density at radius 1 is 1.41 bits per heavy atom. The predicted octanol–water partition coefficient (Wildman–Crippen LogP) is 3.25. The van der Waals surface area contributed by atoms with Crippen LogP contribution in [0.3, 0.4) is 0 Å². The summed E-state index contributed by atoms with van der Waals surface area (Å²) in [5, 5.41) is 9.87. The first kappa shape index (κ1) is 13.0. The summed E-state index contributed by atoms with van der Waals surface area (Å²) in [6, 6.07) is 3.25. The van der Waals surface area contributed by atoms with Gasteiger partial charge in [0.25, 0.3) is 0 Å². The Balaban J connectivity index is 3.17. The van der Waals surface area contributed by atoms with Crippen molar-refractivity contribution in [1.29, 1.82) is 0 Å². The molecular formula is C14H16O3. The minimum Gasteiger partial charge on any atom is -0.506 e. The van der Waals surface area contributed by atoms with E-state index in [-0.39, 0.29) is 11.3 Å². The fourth-order valence-corrected chi connectivity index (χ4v) is 1.38. The van der Waals surface area contributed by atoms with Crippen LogP contribution in [0.15, 0.2) is 25.3 Å². The van der Waals surface area contributed by atoms with Gasteiger partial charge in [-0.15, -0.1) is 0 Å². The van der Waals surface area contributed by atoms with E-state index in [9.17, 15) is 9.90 Å². The molecule has 0 amide bonds. The maximum Gasteiger partial charge on any atom is 0.341 e. The number of carbonyl (C=O) groups is 1. The van der Waals surface area contributed by atoms with Crippen LogP contribution in [0.2, 0.25) is 0 Å². The molecule has 1 aromatic carbocycles. The molecule has 3 nitrogen and oxygen atoms in total. The van der Waals surface area contributed by atoms with Gasteiger partial charge in [0.2, 0.25) is 0 Å². The third-order valence-electron chi connectivity index (χ3n) is 2.27. The largest absolute Gasteiger partial charge is 0.506 e. The Labute approximate surface area is 101 Å². The number of hydrogen-bond acceptors (Lipinski definition) is 3. The summed E-state index contributed by atoms with van der Waals surface area (Å²) < 4.78 is 4.99. The van der Waals surface area contributed by atoms with Crippen LogP contribution in [0.1, 0.15) is 34.8 Å². The van der Waals surface area contributed by atoms with Crippen molar-refractivity contribution in [3.8, 4) is 5.75 Å². The number of phenols is 1. The van der Waals surface area contributed by atoms with Gasteiger partial charge in [-0.1, -0.05) is 32.2 Å². The lowest BCUT2D eigenvalue weighted by atomic mass is 10.0. The third-order valence-corrected chi connectivity index (χ3v) is 2.27. The van der Waals surface area contributed by atoms with Crippen LogP contribution in [-0.2, 0) is 4.74 Å². The summed E-state index contributed by atoms with van der Waals surface area (Å²) >= 11 is 0. The zero-order chi connectivity index (χ0) is 12.8. The van der Waals surface area contributed by atoms with E-state index in [1.165, 1.54) is 6.08 Å². The van der Waals surface area contributed by atoms with Crippen molar-refractivity contribution in [1.82, 2.24) is 0 Å². The van der Waals surface area contributed by atoms with Crippen molar-refractivity contribution in [3.05, 3.63) is 42.0 Å². The van der Waals surface area contributed by atoms with Crippen molar-refractivity contribution >= 4 is 18.1 Å². The monoisotopic (exact) mass is 232 g/mol. The summed E-state index contributed by atoms with van der Waals surface area (Å²) in [5.74, 6) is -0.636. The molecule has 0 aliphatic rings. The molecule has 0 atom stereocenters. The minimum atomic E-state index is -0.531. The summed E-state index contributed by atoms with van der Waals surface area (Å²) in [6.07, 6.45) is 3.82. The second-order valence-electron chi connectivity index (χ2n) is 3.55. The average Bonchev–Trinajstić information content (AvgIpc) is 2.36. The number of carbonyl (C=O) groups excluding carboxylic acids is 1. The molecule has 0 unspecified atom stereocenters. The van der Waals surface area contributed by atoms with Crippen LogP contribution in [0, 0.1) is 0 Å². The van der Waals surface area contributed by atoms with Crippen LogP contribution < -0.4 is 0 Å². The molecular weight excluding hydrogens is 216 g/mol. The Morgan fingerprint density at radius 3 is 2.65 bits per heavy atom. The number of aromatic hydroxyl groups is 1. The summed E-state index contributed by atoms with van der Waals surface area (Å²) in [7, 11) is 0. The van der Waals surface area contributed by atoms with Crippen molar-refractivity contribution < 1.29 is 14.6 Å². The molecule has 90 valence electrons. The molecule has 0 heterocycles. The Hall–Kier alpha value is -2.03. The molecule has 0 fully saturated rings.